The zero-order valence-electron chi connectivity index (χ0n) is 11.9. The van der Waals surface area contributed by atoms with Gasteiger partial charge in [-0.3, -0.25) is 0 Å². The molecule has 0 aliphatic rings. The third kappa shape index (κ3) is 4.38. The predicted octanol–water partition coefficient (Wildman–Crippen LogP) is 2.46. The summed E-state index contributed by atoms with van der Waals surface area (Å²) in [6.07, 6.45) is 1.43. The van der Waals surface area contributed by atoms with E-state index in [9.17, 15) is 8.42 Å². The molecule has 1 heterocycles. The number of hydrogen-bond donors (Lipinski definition) is 2. The van der Waals surface area contributed by atoms with E-state index < -0.39 is 10.0 Å². The van der Waals surface area contributed by atoms with Gasteiger partial charge in [-0.25, -0.2) is 13.1 Å². The number of thiophene rings is 1. The molecule has 0 atom stereocenters. The molecule has 6 heteroatoms. The van der Waals surface area contributed by atoms with Crippen molar-refractivity contribution in [3.8, 4) is 0 Å². The van der Waals surface area contributed by atoms with Crippen LogP contribution in [0.15, 0.2) is 39.9 Å². The maximum absolute atomic E-state index is 12.2. The highest BCUT2D eigenvalue weighted by atomic mass is 32.2. The fourth-order valence-corrected chi connectivity index (χ4v) is 3.81. The molecule has 1 aromatic carbocycles. The highest BCUT2D eigenvalue weighted by molar-refractivity contribution is 7.89. The van der Waals surface area contributed by atoms with Crippen LogP contribution in [0.2, 0.25) is 0 Å². The maximum Gasteiger partial charge on any atom is 0.240 e. The molecule has 0 fully saturated rings. The molecule has 0 radical (unpaired) electrons. The summed E-state index contributed by atoms with van der Waals surface area (Å²) in [6.45, 7) is 2.42. The first kappa shape index (κ1) is 16.2. The third-order valence-electron chi connectivity index (χ3n) is 3.27. The summed E-state index contributed by atoms with van der Waals surface area (Å²) in [4.78, 5) is 0.267. The number of nitrogens with one attached hydrogen (secondary N) is 1. The quantitative estimate of drug-likeness (QED) is 0.822. The molecule has 0 bridgehead atoms. The Balaban J connectivity index is 2.03. The van der Waals surface area contributed by atoms with E-state index in [4.69, 9.17) is 5.11 Å². The first-order valence-electron chi connectivity index (χ1n) is 6.74. The van der Waals surface area contributed by atoms with E-state index in [2.05, 4.69) is 4.72 Å². The summed E-state index contributed by atoms with van der Waals surface area (Å²) in [6, 6.07) is 6.80. The topological polar surface area (TPSA) is 66.4 Å². The van der Waals surface area contributed by atoms with Crippen LogP contribution in [0.5, 0.6) is 0 Å². The fraction of sp³-hybridized carbons (Fsp3) is 0.333. The number of rotatable bonds is 7. The Bertz CT molecular complexity index is 675. The second-order valence-corrected chi connectivity index (χ2v) is 7.39. The number of hydrogen-bond acceptors (Lipinski definition) is 4. The van der Waals surface area contributed by atoms with E-state index in [1.165, 1.54) is 0 Å². The molecule has 21 heavy (non-hydrogen) atoms. The fourth-order valence-electron chi connectivity index (χ4n) is 1.94. The summed E-state index contributed by atoms with van der Waals surface area (Å²) >= 11 is 1.57. The molecule has 2 aromatic rings. The zero-order valence-corrected chi connectivity index (χ0v) is 13.5. The summed E-state index contributed by atoms with van der Waals surface area (Å²) in [5.41, 5.74) is 3.13. The van der Waals surface area contributed by atoms with Crippen molar-refractivity contribution in [1.29, 1.82) is 0 Å². The maximum atomic E-state index is 12.2. The minimum atomic E-state index is -3.49. The monoisotopic (exact) mass is 325 g/mol. The Morgan fingerprint density at radius 1 is 1.19 bits per heavy atom. The second-order valence-electron chi connectivity index (χ2n) is 4.88. The van der Waals surface area contributed by atoms with Gasteiger partial charge in [-0.2, -0.15) is 11.3 Å². The van der Waals surface area contributed by atoms with Gasteiger partial charge in [-0.05, 0) is 59.3 Å². The summed E-state index contributed by atoms with van der Waals surface area (Å²) in [5, 5.41) is 12.7. The van der Waals surface area contributed by atoms with Crippen molar-refractivity contribution in [2.45, 2.75) is 31.2 Å². The van der Waals surface area contributed by atoms with Crippen LogP contribution in [0.25, 0.3) is 0 Å². The van der Waals surface area contributed by atoms with Crippen LogP contribution in [-0.4, -0.2) is 20.1 Å². The van der Waals surface area contributed by atoms with Gasteiger partial charge in [0.15, 0.2) is 0 Å². The van der Waals surface area contributed by atoms with Gasteiger partial charge in [0.2, 0.25) is 10.0 Å². The van der Waals surface area contributed by atoms with Crippen molar-refractivity contribution in [2.75, 3.05) is 6.61 Å². The Morgan fingerprint density at radius 2 is 1.90 bits per heavy atom. The highest BCUT2D eigenvalue weighted by Gasteiger charge is 2.14. The van der Waals surface area contributed by atoms with E-state index in [1.54, 1.807) is 35.6 Å². The summed E-state index contributed by atoms with van der Waals surface area (Å²) in [7, 11) is -3.49. The standard InChI is InChI=1S/C15H19NO3S2/c1-12-10-20-11-14(12)9-16-21(18,19)15-6-4-13(5-7-15)3-2-8-17/h4-7,10-11,16-17H,2-3,8-9H2,1H3. The van der Waals surface area contributed by atoms with Crippen molar-refractivity contribution in [3.05, 3.63) is 51.7 Å². The zero-order chi connectivity index (χ0) is 15.3. The number of benzene rings is 1. The highest BCUT2D eigenvalue weighted by Crippen LogP contribution is 2.16. The molecular formula is C15H19NO3S2. The normalized spacial score (nSPS) is 11.7. The number of aryl methyl sites for hydroxylation is 2. The van der Waals surface area contributed by atoms with E-state index in [-0.39, 0.29) is 11.5 Å². The van der Waals surface area contributed by atoms with Gasteiger partial charge >= 0.3 is 0 Å². The molecule has 4 nitrogen and oxygen atoms in total. The first-order chi connectivity index (χ1) is 10.0. The van der Waals surface area contributed by atoms with Gasteiger partial charge in [0.1, 0.15) is 0 Å². The van der Waals surface area contributed by atoms with Crippen molar-refractivity contribution < 1.29 is 13.5 Å². The van der Waals surface area contributed by atoms with Crippen LogP contribution >= 0.6 is 11.3 Å². The van der Waals surface area contributed by atoms with E-state index in [0.717, 1.165) is 23.1 Å². The molecule has 114 valence electrons. The van der Waals surface area contributed by atoms with Crippen molar-refractivity contribution in [1.82, 2.24) is 4.72 Å². The average Bonchev–Trinajstić information content (AvgIpc) is 2.89. The Labute approximate surface area is 129 Å². The van der Waals surface area contributed by atoms with Crippen LogP contribution < -0.4 is 4.72 Å². The summed E-state index contributed by atoms with van der Waals surface area (Å²) < 4.78 is 27.1. The van der Waals surface area contributed by atoms with E-state index >= 15 is 0 Å². The van der Waals surface area contributed by atoms with Gasteiger partial charge in [-0.1, -0.05) is 12.1 Å². The molecule has 0 saturated heterocycles. The minimum absolute atomic E-state index is 0.140. The van der Waals surface area contributed by atoms with Crippen LogP contribution in [0.1, 0.15) is 23.1 Å². The van der Waals surface area contributed by atoms with Crippen LogP contribution in [0.3, 0.4) is 0 Å². The first-order valence-corrected chi connectivity index (χ1v) is 9.16. The van der Waals surface area contributed by atoms with Crippen molar-refractivity contribution >= 4 is 21.4 Å². The molecule has 0 unspecified atom stereocenters. The van der Waals surface area contributed by atoms with Crippen LogP contribution in [0, 0.1) is 6.92 Å². The number of aliphatic hydroxyl groups is 1. The Hall–Kier alpha value is -1.21. The van der Waals surface area contributed by atoms with Gasteiger partial charge in [0, 0.05) is 13.2 Å². The van der Waals surface area contributed by atoms with Gasteiger partial charge in [0.25, 0.3) is 0 Å². The average molecular weight is 325 g/mol. The second kappa shape index (κ2) is 7.17. The summed E-state index contributed by atoms with van der Waals surface area (Å²) in [5.74, 6) is 0. The molecule has 0 amide bonds. The molecule has 0 aliphatic heterocycles. The Morgan fingerprint density at radius 3 is 2.48 bits per heavy atom. The molecule has 2 rings (SSSR count). The molecule has 2 N–H and O–H groups in total. The van der Waals surface area contributed by atoms with Crippen LogP contribution in [-0.2, 0) is 23.0 Å². The molecule has 0 aliphatic carbocycles. The van der Waals surface area contributed by atoms with Crippen molar-refractivity contribution in [3.63, 3.8) is 0 Å². The number of sulfonamides is 1. The third-order valence-corrected chi connectivity index (χ3v) is 5.60. The van der Waals surface area contributed by atoms with Gasteiger partial charge in [0.05, 0.1) is 4.90 Å². The largest absolute Gasteiger partial charge is 0.396 e. The van der Waals surface area contributed by atoms with Crippen LogP contribution in [0.4, 0.5) is 0 Å². The van der Waals surface area contributed by atoms with E-state index in [0.29, 0.717) is 13.0 Å². The Kier molecular flexibility index (Phi) is 5.52. The lowest BCUT2D eigenvalue weighted by atomic mass is 10.1. The molecule has 0 spiro atoms. The predicted molar refractivity (Wildman–Crippen MR) is 84.9 cm³/mol. The minimum Gasteiger partial charge on any atom is -0.396 e. The lowest BCUT2D eigenvalue weighted by Gasteiger charge is -2.07. The number of aliphatic hydroxyl groups excluding tert-OH is 1. The van der Waals surface area contributed by atoms with Gasteiger partial charge < -0.3 is 5.11 Å². The van der Waals surface area contributed by atoms with Gasteiger partial charge in [-0.15, -0.1) is 0 Å². The molecular weight excluding hydrogens is 306 g/mol. The lowest BCUT2D eigenvalue weighted by molar-refractivity contribution is 0.288. The SMILES string of the molecule is Cc1cscc1CNS(=O)(=O)c1ccc(CCCO)cc1. The molecule has 0 saturated carbocycles. The van der Waals surface area contributed by atoms with Crippen molar-refractivity contribution in [2.24, 2.45) is 0 Å². The van der Waals surface area contributed by atoms with E-state index in [1.807, 2.05) is 17.7 Å². The smallest absolute Gasteiger partial charge is 0.240 e. The molecule has 1 aromatic heterocycles. The lowest BCUT2D eigenvalue weighted by Crippen LogP contribution is -2.23.